The van der Waals surface area contributed by atoms with Gasteiger partial charge in [-0.2, -0.15) is 0 Å². The van der Waals surface area contributed by atoms with Crippen LogP contribution in [0, 0.1) is 6.92 Å². The molecule has 0 radical (unpaired) electrons. The van der Waals surface area contributed by atoms with Crippen molar-refractivity contribution in [3.8, 4) is 11.5 Å². The number of hydrogen-bond donors (Lipinski definition) is 2. The smallest absolute Gasteiger partial charge is 0.395 e. The van der Waals surface area contributed by atoms with E-state index in [0.29, 0.717) is 11.4 Å². The van der Waals surface area contributed by atoms with Crippen LogP contribution in [0.3, 0.4) is 0 Å². The average Bonchev–Trinajstić information content (AvgIpc) is 2.74. The molecule has 0 unspecified atom stereocenters. The molecule has 2 N–H and O–H groups in total. The van der Waals surface area contributed by atoms with E-state index in [2.05, 4.69) is 20.1 Å². The van der Waals surface area contributed by atoms with Crippen molar-refractivity contribution in [1.29, 1.82) is 0 Å². The molecular formula is C15H12F2N2O3. The van der Waals surface area contributed by atoms with Crippen LogP contribution in [0.15, 0.2) is 42.5 Å². The molecule has 114 valence electrons. The Morgan fingerprint density at radius 2 is 1.55 bits per heavy atom. The lowest BCUT2D eigenvalue weighted by Crippen LogP contribution is -2.25. The number of rotatable bonds is 2. The third-order valence-corrected chi connectivity index (χ3v) is 2.97. The third-order valence-electron chi connectivity index (χ3n) is 2.97. The van der Waals surface area contributed by atoms with E-state index in [1.807, 2.05) is 19.1 Å². The quantitative estimate of drug-likeness (QED) is 0.883. The van der Waals surface area contributed by atoms with Crippen LogP contribution in [0.4, 0.5) is 25.0 Å². The number of urea groups is 1. The van der Waals surface area contributed by atoms with Crippen LogP contribution < -0.4 is 20.1 Å². The second-order valence-corrected chi connectivity index (χ2v) is 4.77. The topological polar surface area (TPSA) is 59.6 Å². The summed E-state index contributed by atoms with van der Waals surface area (Å²) >= 11 is 0. The fourth-order valence-corrected chi connectivity index (χ4v) is 1.96. The minimum absolute atomic E-state index is 0.0745. The second-order valence-electron chi connectivity index (χ2n) is 4.77. The number of carbonyl (C=O) groups is 1. The Bertz CT molecular complexity index is 717. The highest BCUT2D eigenvalue weighted by molar-refractivity contribution is 5.99. The van der Waals surface area contributed by atoms with Crippen molar-refractivity contribution < 1.29 is 23.0 Å². The van der Waals surface area contributed by atoms with Crippen molar-refractivity contribution in [3.63, 3.8) is 0 Å². The van der Waals surface area contributed by atoms with Gasteiger partial charge in [0.05, 0.1) is 0 Å². The second kappa shape index (κ2) is 5.18. The van der Waals surface area contributed by atoms with Crippen LogP contribution in [0.5, 0.6) is 11.5 Å². The monoisotopic (exact) mass is 306 g/mol. The SMILES string of the molecule is Cc1ccc(NC(=O)Nc2ccc3c(c2)OC(F)(F)O3)cc1. The summed E-state index contributed by atoms with van der Waals surface area (Å²) in [6.07, 6.45) is -3.68. The van der Waals surface area contributed by atoms with Crippen molar-refractivity contribution in [2.75, 3.05) is 10.6 Å². The van der Waals surface area contributed by atoms with Crippen LogP contribution in [-0.4, -0.2) is 12.3 Å². The van der Waals surface area contributed by atoms with E-state index in [0.717, 1.165) is 5.56 Å². The van der Waals surface area contributed by atoms with Crippen LogP contribution in [-0.2, 0) is 0 Å². The lowest BCUT2D eigenvalue weighted by atomic mass is 10.2. The van der Waals surface area contributed by atoms with E-state index < -0.39 is 12.3 Å². The summed E-state index contributed by atoms with van der Waals surface area (Å²) in [5.74, 6) is -0.201. The first-order valence-electron chi connectivity index (χ1n) is 6.46. The fraction of sp³-hybridized carbons (Fsp3) is 0.133. The van der Waals surface area contributed by atoms with Crippen molar-refractivity contribution in [1.82, 2.24) is 0 Å². The van der Waals surface area contributed by atoms with Gasteiger partial charge in [0.25, 0.3) is 0 Å². The molecular weight excluding hydrogens is 294 g/mol. The molecule has 0 aliphatic carbocycles. The van der Waals surface area contributed by atoms with E-state index in [-0.39, 0.29) is 11.5 Å². The number of anilines is 2. The number of carbonyl (C=O) groups excluding carboxylic acids is 1. The zero-order chi connectivity index (χ0) is 15.7. The molecule has 0 spiro atoms. The molecule has 22 heavy (non-hydrogen) atoms. The summed E-state index contributed by atoms with van der Waals surface area (Å²) < 4.78 is 34.4. The molecule has 0 atom stereocenters. The van der Waals surface area contributed by atoms with E-state index in [9.17, 15) is 13.6 Å². The molecule has 0 bridgehead atoms. The highest BCUT2D eigenvalue weighted by Crippen LogP contribution is 2.42. The highest BCUT2D eigenvalue weighted by atomic mass is 19.3. The van der Waals surface area contributed by atoms with E-state index in [1.165, 1.54) is 18.2 Å². The summed E-state index contributed by atoms with van der Waals surface area (Å²) in [5.41, 5.74) is 2.00. The Balaban J connectivity index is 1.66. The molecule has 7 heteroatoms. The van der Waals surface area contributed by atoms with Crippen LogP contribution in [0.2, 0.25) is 0 Å². The Morgan fingerprint density at radius 1 is 0.955 bits per heavy atom. The van der Waals surface area contributed by atoms with Gasteiger partial charge < -0.3 is 20.1 Å². The van der Waals surface area contributed by atoms with E-state index in [4.69, 9.17) is 0 Å². The molecule has 3 rings (SSSR count). The summed E-state index contributed by atoms with van der Waals surface area (Å²) in [6.45, 7) is 1.94. The number of fused-ring (bicyclic) bond motifs is 1. The number of aryl methyl sites for hydroxylation is 1. The van der Waals surface area contributed by atoms with Crippen molar-refractivity contribution in [2.24, 2.45) is 0 Å². The van der Waals surface area contributed by atoms with E-state index >= 15 is 0 Å². The van der Waals surface area contributed by atoms with Gasteiger partial charge in [-0.05, 0) is 31.2 Å². The maximum absolute atomic E-state index is 12.9. The molecule has 0 saturated heterocycles. The first-order valence-corrected chi connectivity index (χ1v) is 6.46. The predicted octanol–water partition coefficient (Wildman–Crippen LogP) is 3.96. The van der Waals surface area contributed by atoms with Crippen molar-refractivity contribution in [2.45, 2.75) is 13.2 Å². The Hall–Kier alpha value is -2.83. The molecule has 1 aliphatic rings. The number of amides is 2. The van der Waals surface area contributed by atoms with Gasteiger partial charge in [0, 0.05) is 17.4 Å². The molecule has 0 saturated carbocycles. The van der Waals surface area contributed by atoms with Crippen molar-refractivity contribution >= 4 is 17.4 Å². The first kappa shape index (κ1) is 14.1. The number of benzene rings is 2. The summed E-state index contributed by atoms with van der Waals surface area (Å²) in [7, 11) is 0. The molecule has 0 aromatic heterocycles. The summed E-state index contributed by atoms with van der Waals surface area (Å²) in [5, 5.41) is 5.16. The highest BCUT2D eigenvalue weighted by Gasteiger charge is 2.43. The lowest BCUT2D eigenvalue weighted by molar-refractivity contribution is -0.286. The van der Waals surface area contributed by atoms with Gasteiger partial charge in [-0.15, -0.1) is 8.78 Å². The average molecular weight is 306 g/mol. The molecule has 0 fully saturated rings. The van der Waals surface area contributed by atoms with Gasteiger partial charge >= 0.3 is 12.3 Å². The van der Waals surface area contributed by atoms with Gasteiger partial charge in [-0.3, -0.25) is 0 Å². The van der Waals surface area contributed by atoms with Crippen LogP contribution in [0.1, 0.15) is 5.56 Å². The fourth-order valence-electron chi connectivity index (χ4n) is 1.96. The first-order chi connectivity index (χ1) is 10.4. The number of nitrogens with one attached hydrogen (secondary N) is 2. The normalized spacial score (nSPS) is 14.5. The van der Waals surface area contributed by atoms with Gasteiger partial charge in [0.2, 0.25) is 0 Å². The summed E-state index contributed by atoms with van der Waals surface area (Å²) in [4.78, 5) is 11.9. The Kier molecular flexibility index (Phi) is 3.32. The minimum atomic E-state index is -3.68. The zero-order valence-electron chi connectivity index (χ0n) is 11.5. The van der Waals surface area contributed by atoms with Gasteiger partial charge in [0.15, 0.2) is 11.5 Å². The van der Waals surface area contributed by atoms with E-state index in [1.54, 1.807) is 12.1 Å². The zero-order valence-corrected chi connectivity index (χ0v) is 11.5. The largest absolute Gasteiger partial charge is 0.586 e. The molecule has 2 aromatic rings. The van der Waals surface area contributed by atoms with Gasteiger partial charge in [-0.1, -0.05) is 17.7 Å². The number of halogens is 2. The van der Waals surface area contributed by atoms with Crippen LogP contribution in [0.25, 0.3) is 0 Å². The number of ether oxygens (including phenoxy) is 2. The van der Waals surface area contributed by atoms with Crippen molar-refractivity contribution in [3.05, 3.63) is 48.0 Å². The van der Waals surface area contributed by atoms with Crippen LogP contribution >= 0.6 is 0 Å². The molecule has 1 heterocycles. The molecule has 1 aliphatic heterocycles. The summed E-state index contributed by atoms with van der Waals surface area (Å²) in [6, 6.07) is 10.8. The standard InChI is InChI=1S/C15H12F2N2O3/c1-9-2-4-10(5-3-9)18-14(20)19-11-6-7-12-13(8-11)22-15(16,17)21-12/h2-8H,1H3,(H2,18,19,20). The van der Waals surface area contributed by atoms with Gasteiger partial charge in [-0.25, -0.2) is 4.79 Å². The minimum Gasteiger partial charge on any atom is -0.395 e. The van der Waals surface area contributed by atoms with Gasteiger partial charge in [0.1, 0.15) is 0 Å². The Morgan fingerprint density at radius 3 is 2.27 bits per heavy atom. The predicted molar refractivity (Wildman–Crippen MR) is 76.5 cm³/mol. The molecule has 2 aromatic carbocycles. The maximum Gasteiger partial charge on any atom is 0.586 e. The maximum atomic E-state index is 12.9. The molecule has 2 amide bonds. The third kappa shape index (κ3) is 3.08. The lowest BCUT2D eigenvalue weighted by Gasteiger charge is -2.08. The molecule has 5 nitrogen and oxygen atoms in total. The Labute approximate surface area is 124 Å². The number of alkyl halides is 2. The number of hydrogen-bond acceptors (Lipinski definition) is 3.